The Labute approximate surface area is 133 Å². The van der Waals surface area contributed by atoms with Crippen LogP contribution in [0.1, 0.15) is 41.5 Å². The van der Waals surface area contributed by atoms with Gasteiger partial charge in [0.2, 0.25) is 0 Å². The first-order chi connectivity index (χ1) is 8.49. The van der Waals surface area contributed by atoms with Gasteiger partial charge >= 0.3 is 0 Å². The maximum absolute atomic E-state index is 7.57. The normalized spacial score (nSPS) is 5.68. The van der Waals surface area contributed by atoms with Crippen LogP contribution in [-0.4, -0.2) is 70.3 Å². The van der Waals surface area contributed by atoms with Crippen LogP contribution < -0.4 is 0 Å². The van der Waals surface area contributed by atoms with Crippen molar-refractivity contribution in [3.05, 3.63) is 0 Å². The molecule has 0 spiro atoms. The summed E-state index contributed by atoms with van der Waals surface area (Å²) in [6.07, 6.45) is 0. The molecule has 0 saturated heterocycles. The van der Waals surface area contributed by atoms with E-state index in [1.165, 1.54) is 0 Å². The second-order valence-electron chi connectivity index (χ2n) is 1.90. The zero-order valence-electron chi connectivity index (χ0n) is 13.3. The molecule has 0 atom stereocenters. The van der Waals surface area contributed by atoms with Crippen LogP contribution in [0.2, 0.25) is 0 Å². The summed E-state index contributed by atoms with van der Waals surface area (Å²) in [4.78, 5) is 0. The molecular formula is C12H36MoO6. The summed E-state index contributed by atoms with van der Waals surface area (Å²) in [7, 11) is 0. The molecule has 6 N–H and O–H groups in total. The molecule has 0 fully saturated rings. The third-order valence-electron chi connectivity index (χ3n) is 0. The summed E-state index contributed by atoms with van der Waals surface area (Å²) in [5, 5.41) is 45.4. The van der Waals surface area contributed by atoms with Crippen molar-refractivity contribution in [2.45, 2.75) is 41.5 Å². The number of hydrogen-bond donors (Lipinski definition) is 6. The summed E-state index contributed by atoms with van der Waals surface area (Å²) in [6, 6.07) is 0. The van der Waals surface area contributed by atoms with E-state index in [0.717, 1.165) is 0 Å². The summed E-state index contributed by atoms with van der Waals surface area (Å²) in [6.45, 7) is 11.6. The van der Waals surface area contributed by atoms with E-state index in [-0.39, 0.29) is 60.7 Å². The van der Waals surface area contributed by atoms with Crippen molar-refractivity contribution in [3.63, 3.8) is 0 Å². The molecule has 0 aromatic rings. The van der Waals surface area contributed by atoms with E-state index in [2.05, 4.69) is 0 Å². The fourth-order valence-electron chi connectivity index (χ4n) is 0. The van der Waals surface area contributed by atoms with Crippen molar-refractivity contribution in [2.75, 3.05) is 39.6 Å². The fourth-order valence-corrected chi connectivity index (χ4v) is 0. The van der Waals surface area contributed by atoms with Gasteiger partial charge in [-0.3, -0.25) is 0 Å². The smallest absolute Gasteiger partial charge is 0.0402 e. The molecule has 0 aliphatic heterocycles. The van der Waals surface area contributed by atoms with Gasteiger partial charge in [-0.2, -0.15) is 0 Å². The van der Waals surface area contributed by atoms with E-state index in [1.54, 1.807) is 41.5 Å². The summed E-state index contributed by atoms with van der Waals surface area (Å²) >= 11 is 0. The quantitative estimate of drug-likeness (QED) is 0.333. The molecule has 0 aliphatic carbocycles. The minimum atomic E-state index is 0. The average Bonchev–Trinajstić information content (AvgIpc) is 2.23. The van der Waals surface area contributed by atoms with Gasteiger partial charge in [0.25, 0.3) is 0 Å². The average molecular weight is 372 g/mol. The fraction of sp³-hybridized carbons (Fsp3) is 1.00. The molecule has 0 bridgehead atoms. The van der Waals surface area contributed by atoms with Crippen molar-refractivity contribution in [1.82, 2.24) is 0 Å². The zero-order chi connectivity index (χ0) is 16.2. The van der Waals surface area contributed by atoms with Gasteiger partial charge in [0.1, 0.15) is 0 Å². The molecule has 0 aromatic heterocycles. The van der Waals surface area contributed by atoms with Crippen molar-refractivity contribution in [2.24, 2.45) is 0 Å². The molecule has 0 heterocycles. The van der Waals surface area contributed by atoms with E-state index in [9.17, 15) is 0 Å². The number of aliphatic hydroxyl groups is 6. The van der Waals surface area contributed by atoms with E-state index in [4.69, 9.17) is 30.6 Å². The summed E-state index contributed by atoms with van der Waals surface area (Å²) in [5.41, 5.74) is 0. The minimum absolute atomic E-state index is 0. The molecule has 6 nitrogen and oxygen atoms in total. The Morgan fingerprint density at radius 2 is 0.368 bits per heavy atom. The predicted octanol–water partition coefficient (Wildman–Crippen LogP) is -0.0109. The molecule has 0 radical (unpaired) electrons. The number of rotatable bonds is 0. The first kappa shape index (κ1) is 42.7. The van der Waals surface area contributed by atoms with Gasteiger partial charge in [-0.05, 0) is 41.5 Å². The Balaban J connectivity index is -0.0000000180. The zero-order valence-corrected chi connectivity index (χ0v) is 15.3. The summed E-state index contributed by atoms with van der Waals surface area (Å²) in [5.74, 6) is 0. The maximum Gasteiger partial charge on any atom is 0.0402 e. The van der Waals surface area contributed by atoms with Gasteiger partial charge < -0.3 is 30.6 Å². The second kappa shape index (κ2) is 135. The van der Waals surface area contributed by atoms with Crippen molar-refractivity contribution < 1.29 is 51.7 Å². The van der Waals surface area contributed by atoms with Crippen molar-refractivity contribution in [3.8, 4) is 0 Å². The van der Waals surface area contributed by atoms with Crippen molar-refractivity contribution >= 4 is 0 Å². The monoisotopic (exact) mass is 374 g/mol. The van der Waals surface area contributed by atoms with E-state index in [0.29, 0.717) is 0 Å². The molecule has 0 aliphatic rings. The van der Waals surface area contributed by atoms with Crippen LogP contribution in [0.15, 0.2) is 0 Å². The molecule has 19 heavy (non-hydrogen) atoms. The van der Waals surface area contributed by atoms with Gasteiger partial charge in [0.15, 0.2) is 0 Å². The molecule has 0 amide bonds. The van der Waals surface area contributed by atoms with Crippen LogP contribution in [0, 0.1) is 0 Å². The van der Waals surface area contributed by atoms with Crippen LogP contribution >= 0.6 is 0 Å². The van der Waals surface area contributed by atoms with Crippen LogP contribution in [0.25, 0.3) is 0 Å². The Bertz CT molecular complexity index is 37.7. The number of aliphatic hydroxyl groups excluding tert-OH is 6. The first-order valence-electron chi connectivity index (χ1n) is 6.14. The van der Waals surface area contributed by atoms with E-state index in [1.807, 2.05) is 0 Å². The molecule has 0 rings (SSSR count). The minimum Gasteiger partial charge on any atom is -0.397 e. The molecule has 126 valence electrons. The summed E-state index contributed by atoms with van der Waals surface area (Å²) < 4.78 is 0. The first-order valence-corrected chi connectivity index (χ1v) is 6.14. The third-order valence-corrected chi connectivity index (χ3v) is 0. The number of hydrogen-bond acceptors (Lipinski definition) is 6. The third kappa shape index (κ3) is 24800. The molecule has 0 unspecified atom stereocenters. The Hall–Kier alpha value is 0.448. The predicted molar refractivity (Wildman–Crippen MR) is 76.6 cm³/mol. The van der Waals surface area contributed by atoms with Crippen LogP contribution in [0.5, 0.6) is 0 Å². The molecule has 0 aromatic carbocycles. The Kier molecular flexibility index (Phi) is 304. The van der Waals surface area contributed by atoms with E-state index < -0.39 is 0 Å². The largest absolute Gasteiger partial charge is 0.397 e. The molecule has 0 saturated carbocycles. The SMILES string of the molecule is CCO.CCO.CCO.CCO.CCO.CCO.[Mo]. The van der Waals surface area contributed by atoms with Gasteiger partial charge in [-0.15, -0.1) is 0 Å². The molecule has 7 heteroatoms. The van der Waals surface area contributed by atoms with Gasteiger partial charge in [0.05, 0.1) is 0 Å². The second-order valence-corrected chi connectivity index (χ2v) is 1.90. The Morgan fingerprint density at radius 3 is 0.368 bits per heavy atom. The molecular weight excluding hydrogens is 336 g/mol. The van der Waals surface area contributed by atoms with Crippen molar-refractivity contribution in [1.29, 1.82) is 0 Å². The van der Waals surface area contributed by atoms with Crippen LogP contribution in [0.4, 0.5) is 0 Å². The standard InChI is InChI=1S/6C2H6O.Mo/c6*1-2-3;/h6*3H,2H2,1H3;. The van der Waals surface area contributed by atoms with Crippen LogP contribution in [-0.2, 0) is 21.1 Å². The van der Waals surface area contributed by atoms with Gasteiger partial charge in [-0.25, -0.2) is 0 Å². The van der Waals surface area contributed by atoms with Crippen LogP contribution in [0.3, 0.4) is 0 Å². The van der Waals surface area contributed by atoms with Gasteiger partial charge in [-0.1, -0.05) is 0 Å². The topological polar surface area (TPSA) is 121 Å². The maximum atomic E-state index is 7.57. The van der Waals surface area contributed by atoms with Gasteiger partial charge in [0, 0.05) is 60.7 Å². The van der Waals surface area contributed by atoms with E-state index >= 15 is 0 Å². The Morgan fingerprint density at radius 1 is 0.368 bits per heavy atom.